The van der Waals surface area contributed by atoms with E-state index in [-0.39, 0.29) is 12.5 Å². The van der Waals surface area contributed by atoms with E-state index >= 15 is 0 Å². The summed E-state index contributed by atoms with van der Waals surface area (Å²) in [5.41, 5.74) is -0.272. The molecular weight excluding hydrogens is 254 g/mol. The van der Waals surface area contributed by atoms with Gasteiger partial charge in [0.05, 0.1) is 13.2 Å². The summed E-state index contributed by atoms with van der Waals surface area (Å²) < 4.78 is 5.36. The molecule has 4 heteroatoms. The van der Waals surface area contributed by atoms with Gasteiger partial charge in [0.1, 0.15) is 5.60 Å². The minimum absolute atomic E-state index is 0.107. The normalized spacial score (nSPS) is 14.1. The maximum absolute atomic E-state index is 11.7. The maximum Gasteiger partial charge on any atom is 0.222 e. The molecule has 0 fully saturated rings. The lowest BCUT2D eigenvalue weighted by Gasteiger charge is -2.24. The van der Waals surface area contributed by atoms with Crippen LogP contribution in [0.1, 0.15) is 32.8 Å². The molecule has 0 heterocycles. The first-order valence-corrected chi connectivity index (χ1v) is 7.04. The first kappa shape index (κ1) is 16.7. The first-order valence-electron chi connectivity index (χ1n) is 7.04. The fourth-order valence-corrected chi connectivity index (χ4v) is 1.74. The summed E-state index contributed by atoms with van der Waals surface area (Å²) in [5, 5.41) is 13.1. The number of carbonyl (C=O) groups excluding carboxylic acids is 1. The predicted molar refractivity (Wildman–Crippen MR) is 79.3 cm³/mol. The molecule has 0 aliphatic heterocycles. The molecule has 4 nitrogen and oxygen atoms in total. The Bertz CT molecular complexity index is 401. The number of rotatable bonds is 8. The lowest BCUT2D eigenvalue weighted by molar-refractivity contribution is -0.123. The molecule has 112 valence electrons. The number of hydrogen-bond acceptors (Lipinski definition) is 3. The van der Waals surface area contributed by atoms with Crippen molar-refractivity contribution in [1.29, 1.82) is 0 Å². The van der Waals surface area contributed by atoms with Crippen LogP contribution in [0.4, 0.5) is 0 Å². The highest BCUT2D eigenvalue weighted by Crippen LogP contribution is 2.18. The third kappa shape index (κ3) is 6.17. The third-order valence-corrected chi connectivity index (χ3v) is 2.95. The highest BCUT2D eigenvalue weighted by atomic mass is 16.5. The van der Waals surface area contributed by atoms with Crippen LogP contribution in [0, 0.1) is 5.92 Å². The SMILES string of the molecule is CC(C)COCCC(=O)NCC(C)(O)c1ccccc1. The second kappa shape index (κ2) is 8.02. The van der Waals surface area contributed by atoms with Crippen LogP contribution in [-0.4, -0.2) is 30.8 Å². The molecule has 1 atom stereocenters. The molecule has 0 saturated heterocycles. The van der Waals surface area contributed by atoms with Gasteiger partial charge in [-0.05, 0) is 18.4 Å². The van der Waals surface area contributed by atoms with Crippen LogP contribution in [0.15, 0.2) is 30.3 Å². The van der Waals surface area contributed by atoms with Crippen molar-refractivity contribution in [3.63, 3.8) is 0 Å². The van der Waals surface area contributed by atoms with Crippen molar-refractivity contribution in [2.24, 2.45) is 5.92 Å². The van der Waals surface area contributed by atoms with Crippen molar-refractivity contribution in [3.05, 3.63) is 35.9 Å². The molecule has 1 amide bonds. The number of benzene rings is 1. The van der Waals surface area contributed by atoms with Gasteiger partial charge in [-0.15, -0.1) is 0 Å². The van der Waals surface area contributed by atoms with E-state index < -0.39 is 5.60 Å². The van der Waals surface area contributed by atoms with Gasteiger partial charge >= 0.3 is 0 Å². The van der Waals surface area contributed by atoms with Crippen LogP contribution >= 0.6 is 0 Å². The van der Waals surface area contributed by atoms with Crippen LogP contribution in [0.25, 0.3) is 0 Å². The Balaban J connectivity index is 2.30. The molecule has 20 heavy (non-hydrogen) atoms. The summed E-state index contributed by atoms with van der Waals surface area (Å²) in [6, 6.07) is 9.32. The van der Waals surface area contributed by atoms with E-state index in [0.717, 1.165) is 5.56 Å². The smallest absolute Gasteiger partial charge is 0.222 e. The molecule has 1 rings (SSSR count). The highest BCUT2D eigenvalue weighted by molar-refractivity contribution is 5.76. The monoisotopic (exact) mass is 279 g/mol. The van der Waals surface area contributed by atoms with Gasteiger partial charge in [0, 0.05) is 13.0 Å². The summed E-state index contributed by atoms with van der Waals surface area (Å²) >= 11 is 0. The summed E-state index contributed by atoms with van der Waals surface area (Å²) in [5.74, 6) is 0.363. The van der Waals surface area contributed by atoms with Gasteiger partial charge < -0.3 is 15.2 Å². The van der Waals surface area contributed by atoms with E-state index in [1.165, 1.54) is 0 Å². The fraction of sp³-hybridized carbons (Fsp3) is 0.562. The zero-order chi connectivity index (χ0) is 15.0. The summed E-state index contributed by atoms with van der Waals surface area (Å²) in [4.78, 5) is 11.7. The second-order valence-electron chi connectivity index (χ2n) is 5.64. The van der Waals surface area contributed by atoms with E-state index in [2.05, 4.69) is 19.2 Å². The Morgan fingerprint density at radius 2 is 2.00 bits per heavy atom. The lowest BCUT2D eigenvalue weighted by Crippen LogP contribution is -2.38. The molecule has 1 aromatic carbocycles. The number of amides is 1. The first-order chi connectivity index (χ1) is 9.42. The summed E-state index contributed by atoms with van der Waals surface area (Å²) in [7, 11) is 0. The van der Waals surface area contributed by atoms with Crippen molar-refractivity contribution in [2.45, 2.75) is 32.8 Å². The van der Waals surface area contributed by atoms with Gasteiger partial charge in [0.25, 0.3) is 0 Å². The average molecular weight is 279 g/mol. The van der Waals surface area contributed by atoms with Crippen LogP contribution in [-0.2, 0) is 15.1 Å². The van der Waals surface area contributed by atoms with E-state index in [1.807, 2.05) is 30.3 Å². The van der Waals surface area contributed by atoms with Crippen molar-refractivity contribution < 1.29 is 14.6 Å². The molecule has 1 aromatic rings. The van der Waals surface area contributed by atoms with Gasteiger partial charge in [-0.1, -0.05) is 44.2 Å². The topological polar surface area (TPSA) is 58.6 Å². The zero-order valence-electron chi connectivity index (χ0n) is 12.6. The highest BCUT2D eigenvalue weighted by Gasteiger charge is 2.23. The van der Waals surface area contributed by atoms with Crippen molar-refractivity contribution >= 4 is 5.91 Å². The number of nitrogens with one attached hydrogen (secondary N) is 1. The van der Waals surface area contributed by atoms with Crippen molar-refractivity contribution in [1.82, 2.24) is 5.32 Å². The largest absolute Gasteiger partial charge is 0.384 e. The minimum atomic E-state index is -1.06. The molecule has 1 unspecified atom stereocenters. The Morgan fingerprint density at radius 1 is 1.35 bits per heavy atom. The number of ether oxygens (including phenoxy) is 1. The third-order valence-electron chi connectivity index (χ3n) is 2.95. The molecule has 0 saturated carbocycles. The molecule has 0 aliphatic carbocycles. The van der Waals surface area contributed by atoms with Gasteiger partial charge in [-0.25, -0.2) is 0 Å². The van der Waals surface area contributed by atoms with Crippen LogP contribution in [0.5, 0.6) is 0 Å². The second-order valence-corrected chi connectivity index (χ2v) is 5.64. The van der Waals surface area contributed by atoms with Crippen LogP contribution in [0.3, 0.4) is 0 Å². The Labute approximate surface area is 121 Å². The van der Waals surface area contributed by atoms with Gasteiger partial charge in [0.15, 0.2) is 0 Å². The van der Waals surface area contributed by atoms with Crippen LogP contribution < -0.4 is 5.32 Å². The van der Waals surface area contributed by atoms with E-state index in [0.29, 0.717) is 25.6 Å². The Morgan fingerprint density at radius 3 is 2.60 bits per heavy atom. The number of carbonyl (C=O) groups is 1. The van der Waals surface area contributed by atoms with E-state index in [4.69, 9.17) is 4.74 Å². The van der Waals surface area contributed by atoms with Crippen molar-refractivity contribution in [3.8, 4) is 0 Å². The Hall–Kier alpha value is -1.39. The fourth-order valence-electron chi connectivity index (χ4n) is 1.74. The molecule has 0 radical (unpaired) electrons. The number of aliphatic hydroxyl groups is 1. The molecular formula is C16H25NO3. The quantitative estimate of drug-likeness (QED) is 0.716. The minimum Gasteiger partial charge on any atom is -0.384 e. The molecule has 0 spiro atoms. The van der Waals surface area contributed by atoms with E-state index in [9.17, 15) is 9.90 Å². The average Bonchev–Trinajstić information content (AvgIpc) is 2.42. The Kier molecular flexibility index (Phi) is 6.68. The van der Waals surface area contributed by atoms with Gasteiger partial charge in [-0.3, -0.25) is 4.79 Å². The summed E-state index contributed by atoms with van der Waals surface area (Å²) in [6.45, 7) is 7.10. The predicted octanol–water partition coefficient (Wildman–Crippen LogP) is 2.07. The zero-order valence-corrected chi connectivity index (χ0v) is 12.6. The van der Waals surface area contributed by atoms with Gasteiger partial charge in [-0.2, -0.15) is 0 Å². The standard InChI is InChI=1S/C16H25NO3/c1-13(2)11-20-10-9-15(18)17-12-16(3,19)14-7-5-4-6-8-14/h4-8,13,19H,9-12H2,1-3H3,(H,17,18). The molecule has 0 aliphatic rings. The maximum atomic E-state index is 11.7. The summed E-state index contributed by atoms with van der Waals surface area (Å²) in [6.07, 6.45) is 0.317. The number of hydrogen-bond donors (Lipinski definition) is 2. The van der Waals surface area contributed by atoms with Crippen LogP contribution in [0.2, 0.25) is 0 Å². The van der Waals surface area contributed by atoms with Crippen molar-refractivity contribution in [2.75, 3.05) is 19.8 Å². The lowest BCUT2D eigenvalue weighted by atomic mass is 9.96. The molecule has 0 bridgehead atoms. The molecule has 0 aromatic heterocycles. The van der Waals surface area contributed by atoms with E-state index in [1.54, 1.807) is 6.92 Å². The van der Waals surface area contributed by atoms with Gasteiger partial charge in [0.2, 0.25) is 5.91 Å². The molecule has 2 N–H and O–H groups in total.